The van der Waals surface area contributed by atoms with E-state index in [1.807, 2.05) is 11.9 Å². The van der Waals surface area contributed by atoms with Gasteiger partial charge in [-0.1, -0.05) is 0 Å². The van der Waals surface area contributed by atoms with Gasteiger partial charge >= 0.3 is 0 Å². The van der Waals surface area contributed by atoms with E-state index in [0.29, 0.717) is 12.2 Å². The van der Waals surface area contributed by atoms with Gasteiger partial charge in [-0.3, -0.25) is 4.79 Å². The number of halogens is 1. The van der Waals surface area contributed by atoms with Gasteiger partial charge < -0.3 is 9.80 Å². The fourth-order valence-corrected chi connectivity index (χ4v) is 1.62. The molecule has 1 aliphatic heterocycles. The van der Waals surface area contributed by atoms with Gasteiger partial charge in [-0.15, -0.1) is 0 Å². The smallest absolute Gasteiger partial charge is 0.246 e. The Morgan fingerprint density at radius 3 is 2.71 bits per heavy atom. The molecule has 0 radical (unpaired) electrons. The van der Waals surface area contributed by atoms with Crippen molar-refractivity contribution in [3.05, 3.63) is 24.0 Å². The van der Waals surface area contributed by atoms with Gasteiger partial charge in [-0.25, -0.2) is 4.39 Å². The molecule has 14 heavy (non-hydrogen) atoms. The molecule has 0 aromatic heterocycles. The van der Waals surface area contributed by atoms with Crippen LogP contribution in [-0.4, -0.2) is 26.5 Å². The average molecular weight is 194 g/mol. The Balaban J connectivity index is 2.56. The lowest BCUT2D eigenvalue weighted by Crippen LogP contribution is -2.42. The number of carbonyl (C=O) groups excluding carboxylic acids is 1. The van der Waals surface area contributed by atoms with E-state index < -0.39 is 0 Å². The van der Waals surface area contributed by atoms with Crippen LogP contribution in [0.2, 0.25) is 0 Å². The first-order valence-electron chi connectivity index (χ1n) is 4.37. The molecule has 0 fully saturated rings. The summed E-state index contributed by atoms with van der Waals surface area (Å²) in [6, 6.07) is 4.47. The number of nitrogens with zero attached hydrogens (tertiary/aromatic N) is 2. The van der Waals surface area contributed by atoms with Crippen molar-refractivity contribution in [1.82, 2.24) is 0 Å². The molecule has 0 saturated carbocycles. The molecular weight excluding hydrogens is 183 g/mol. The minimum Gasteiger partial charge on any atom is -0.364 e. The lowest BCUT2D eigenvalue weighted by atomic mass is 10.2. The van der Waals surface area contributed by atoms with Crippen molar-refractivity contribution in [1.29, 1.82) is 0 Å². The van der Waals surface area contributed by atoms with E-state index in [4.69, 9.17) is 0 Å². The number of hydrogen-bond acceptors (Lipinski definition) is 2. The lowest BCUT2D eigenvalue weighted by Gasteiger charge is -2.32. The molecule has 74 valence electrons. The highest BCUT2D eigenvalue weighted by molar-refractivity contribution is 6.02. The van der Waals surface area contributed by atoms with Gasteiger partial charge in [-0.05, 0) is 18.2 Å². The summed E-state index contributed by atoms with van der Waals surface area (Å²) in [4.78, 5) is 14.7. The van der Waals surface area contributed by atoms with Crippen molar-refractivity contribution in [2.75, 3.05) is 30.4 Å². The van der Waals surface area contributed by atoms with Crippen molar-refractivity contribution in [2.24, 2.45) is 0 Å². The number of likely N-dealkylation sites (N-methyl/N-ethyl adjacent to an activating group) is 2. The van der Waals surface area contributed by atoms with Gasteiger partial charge in [0.25, 0.3) is 0 Å². The Labute approximate surface area is 81.7 Å². The van der Waals surface area contributed by atoms with E-state index in [1.165, 1.54) is 17.0 Å². The fraction of sp³-hybridized carbons (Fsp3) is 0.300. The molecule has 1 aliphatic rings. The maximum atomic E-state index is 13.0. The van der Waals surface area contributed by atoms with Crippen LogP contribution in [0, 0.1) is 5.82 Å². The predicted molar refractivity (Wildman–Crippen MR) is 53.1 cm³/mol. The molecule has 2 rings (SSSR count). The quantitative estimate of drug-likeness (QED) is 0.620. The number of fused-ring (bicyclic) bond motifs is 1. The SMILES string of the molecule is CN1CC(=O)N(C)c2cc(F)ccc21. The van der Waals surface area contributed by atoms with Crippen LogP contribution in [0.1, 0.15) is 0 Å². The van der Waals surface area contributed by atoms with Gasteiger partial charge in [0.2, 0.25) is 5.91 Å². The molecular formula is C10H11FN2O. The summed E-state index contributed by atoms with van der Waals surface area (Å²) in [6.07, 6.45) is 0. The second kappa shape index (κ2) is 2.97. The molecule has 3 nitrogen and oxygen atoms in total. The minimum atomic E-state index is -0.321. The van der Waals surface area contributed by atoms with Crippen LogP contribution >= 0.6 is 0 Å². The fourth-order valence-electron chi connectivity index (χ4n) is 1.62. The highest BCUT2D eigenvalue weighted by atomic mass is 19.1. The summed E-state index contributed by atoms with van der Waals surface area (Å²) in [6.45, 7) is 0.342. The molecule has 0 N–H and O–H groups in total. The third-order valence-corrected chi connectivity index (χ3v) is 2.46. The molecule has 1 aromatic rings. The number of anilines is 2. The molecule has 1 amide bonds. The first kappa shape index (κ1) is 8.99. The molecule has 0 atom stereocenters. The first-order valence-corrected chi connectivity index (χ1v) is 4.37. The average Bonchev–Trinajstić information content (AvgIpc) is 2.14. The van der Waals surface area contributed by atoms with Gasteiger partial charge in [0.15, 0.2) is 0 Å². The summed E-state index contributed by atoms with van der Waals surface area (Å²) >= 11 is 0. The van der Waals surface area contributed by atoms with Gasteiger partial charge in [-0.2, -0.15) is 0 Å². The van der Waals surface area contributed by atoms with E-state index in [9.17, 15) is 9.18 Å². The molecule has 0 unspecified atom stereocenters. The summed E-state index contributed by atoms with van der Waals surface area (Å²) in [5.74, 6) is -0.343. The number of carbonyl (C=O) groups is 1. The highest BCUT2D eigenvalue weighted by Crippen LogP contribution is 2.31. The zero-order chi connectivity index (χ0) is 10.3. The van der Waals surface area contributed by atoms with Crippen LogP contribution in [0.25, 0.3) is 0 Å². The number of amides is 1. The van der Waals surface area contributed by atoms with Gasteiger partial charge in [0, 0.05) is 14.1 Å². The number of benzene rings is 1. The Kier molecular flexibility index (Phi) is 1.91. The summed E-state index contributed by atoms with van der Waals surface area (Å²) in [5.41, 5.74) is 1.51. The molecule has 0 spiro atoms. The summed E-state index contributed by atoms with van der Waals surface area (Å²) in [5, 5.41) is 0. The van der Waals surface area contributed by atoms with Crippen molar-refractivity contribution < 1.29 is 9.18 Å². The molecule has 0 bridgehead atoms. The zero-order valence-corrected chi connectivity index (χ0v) is 8.12. The number of rotatable bonds is 0. The van der Waals surface area contributed by atoms with E-state index >= 15 is 0 Å². The second-order valence-corrected chi connectivity index (χ2v) is 3.44. The van der Waals surface area contributed by atoms with Gasteiger partial charge in [0.1, 0.15) is 5.82 Å². The van der Waals surface area contributed by atoms with Crippen LogP contribution in [0.4, 0.5) is 15.8 Å². The Morgan fingerprint density at radius 1 is 1.29 bits per heavy atom. The Hall–Kier alpha value is -1.58. The van der Waals surface area contributed by atoms with Crippen LogP contribution < -0.4 is 9.80 Å². The molecule has 0 aliphatic carbocycles. The standard InChI is InChI=1S/C10H11FN2O/c1-12-6-10(14)13(2)9-5-7(11)3-4-8(9)12/h3-5H,6H2,1-2H3. The van der Waals surface area contributed by atoms with E-state index in [1.54, 1.807) is 13.1 Å². The van der Waals surface area contributed by atoms with E-state index in [2.05, 4.69) is 0 Å². The first-order chi connectivity index (χ1) is 6.59. The van der Waals surface area contributed by atoms with Crippen molar-refractivity contribution in [3.8, 4) is 0 Å². The topological polar surface area (TPSA) is 23.6 Å². The lowest BCUT2D eigenvalue weighted by molar-refractivity contribution is -0.117. The maximum absolute atomic E-state index is 13.0. The Bertz CT molecular complexity index is 392. The normalized spacial score (nSPS) is 15.8. The monoisotopic (exact) mass is 194 g/mol. The van der Waals surface area contributed by atoms with Crippen LogP contribution in [-0.2, 0) is 4.79 Å². The summed E-state index contributed by atoms with van der Waals surface area (Å²) < 4.78 is 13.0. The van der Waals surface area contributed by atoms with Crippen LogP contribution in [0.5, 0.6) is 0 Å². The van der Waals surface area contributed by atoms with Gasteiger partial charge in [0.05, 0.1) is 17.9 Å². The minimum absolute atomic E-state index is 0.0226. The third kappa shape index (κ3) is 1.23. The molecule has 0 saturated heterocycles. The Morgan fingerprint density at radius 2 is 2.00 bits per heavy atom. The highest BCUT2D eigenvalue weighted by Gasteiger charge is 2.24. The van der Waals surface area contributed by atoms with Crippen molar-refractivity contribution >= 4 is 17.3 Å². The zero-order valence-electron chi connectivity index (χ0n) is 8.12. The van der Waals surface area contributed by atoms with Crippen LogP contribution in [0.15, 0.2) is 18.2 Å². The van der Waals surface area contributed by atoms with Crippen molar-refractivity contribution in [2.45, 2.75) is 0 Å². The van der Waals surface area contributed by atoms with E-state index in [0.717, 1.165) is 5.69 Å². The maximum Gasteiger partial charge on any atom is 0.246 e. The molecule has 1 heterocycles. The third-order valence-electron chi connectivity index (χ3n) is 2.46. The molecule has 1 aromatic carbocycles. The van der Waals surface area contributed by atoms with Crippen LogP contribution in [0.3, 0.4) is 0 Å². The summed E-state index contributed by atoms with van der Waals surface area (Å²) in [7, 11) is 3.48. The van der Waals surface area contributed by atoms with E-state index in [-0.39, 0.29) is 11.7 Å². The second-order valence-electron chi connectivity index (χ2n) is 3.44. The molecule has 4 heteroatoms. The van der Waals surface area contributed by atoms with Crippen molar-refractivity contribution in [3.63, 3.8) is 0 Å². The predicted octanol–water partition coefficient (Wildman–Crippen LogP) is 1.24. The largest absolute Gasteiger partial charge is 0.364 e. The number of hydrogen-bond donors (Lipinski definition) is 0.